The highest BCUT2D eigenvalue weighted by Crippen LogP contribution is 2.23. The zero-order chi connectivity index (χ0) is 22.0. The molecule has 2 aromatic heterocycles. The molecule has 0 unspecified atom stereocenters. The molecule has 2 aromatic carbocycles. The summed E-state index contributed by atoms with van der Waals surface area (Å²) in [5, 5.41) is 18.2. The molecule has 0 aliphatic carbocycles. The Morgan fingerprint density at radius 1 is 1.16 bits per heavy atom. The Kier molecular flexibility index (Phi) is 5.22. The van der Waals surface area contributed by atoms with Crippen LogP contribution in [0.2, 0.25) is 0 Å². The summed E-state index contributed by atoms with van der Waals surface area (Å²) in [6.45, 7) is 0.0610. The first kappa shape index (κ1) is 19.9. The van der Waals surface area contributed by atoms with Gasteiger partial charge < -0.3 is 5.32 Å². The predicted octanol–water partition coefficient (Wildman–Crippen LogP) is 2.66. The maximum Gasteiger partial charge on any atom is 0.294 e. The minimum absolute atomic E-state index is 0.0111. The highest BCUT2D eigenvalue weighted by atomic mass is 19.1. The standard InChI is InChI=1S/C20H15FN6O4/c21-13-5-7-14(8-6-13)24-18(28)9-10-25-12-22-19-15(20(25)29)11-23-26(19)16-3-1-2-4-17(16)27(30)31/h1-8,11-12H,9-10H2,(H,24,28). The Hall–Kier alpha value is -4.41. The number of amides is 1. The van der Waals surface area contributed by atoms with E-state index in [1.54, 1.807) is 6.07 Å². The zero-order valence-corrected chi connectivity index (χ0v) is 15.9. The van der Waals surface area contributed by atoms with Crippen LogP contribution in [0, 0.1) is 15.9 Å². The lowest BCUT2D eigenvalue weighted by Gasteiger charge is -2.08. The van der Waals surface area contributed by atoms with Crippen LogP contribution in [0.25, 0.3) is 16.7 Å². The molecule has 156 valence electrons. The van der Waals surface area contributed by atoms with Crippen molar-refractivity contribution in [3.63, 3.8) is 0 Å². The highest BCUT2D eigenvalue weighted by molar-refractivity contribution is 5.90. The van der Waals surface area contributed by atoms with Crippen LogP contribution < -0.4 is 10.9 Å². The lowest BCUT2D eigenvalue weighted by Crippen LogP contribution is -2.23. The van der Waals surface area contributed by atoms with Crippen LogP contribution in [0.1, 0.15) is 6.42 Å². The summed E-state index contributed by atoms with van der Waals surface area (Å²) in [6, 6.07) is 11.3. The van der Waals surface area contributed by atoms with Crippen molar-refractivity contribution < 1.29 is 14.1 Å². The van der Waals surface area contributed by atoms with E-state index in [2.05, 4.69) is 15.4 Å². The molecule has 31 heavy (non-hydrogen) atoms. The number of aryl methyl sites for hydroxylation is 1. The Bertz CT molecular complexity index is 1350. The number of fused-ring (bicyclic) bond motifs is 1. The minimum Gasteiger partial charge on any atom is -0.326 e. The smallest absolute Gasteiger partial charge is 0.294 e. The van der Waals surface area contributed by atoms with E-state index >= 15 is 0 Å². The number of rotatable bonds is 6. The molecule has 4 rings (SSSR count). The van der Waals surface area contributed by atoms with Crippen molar-refractivity contribution in [2.24, 2.45) is 0 Å². The van der Waals surface area contributed by atoms with Crippen LogP contribution in [0.4, 0.5) is 15.8 Å². The van der Waals surface area contributed by atoms with Gasteiger partial charge in [0.15, 0.2) is 5.65 Å². The van der Waals surface area contributed by atoms with Crippen molar-refractivity contribution in [1.29, 1.82) is 0 Å². The largest absolute Gasteiger partial charge is 0.326 e. The van der Waals surface area contributed by atoms with Crippen molar-refractivity contribution in [2.45, 2.75) is 13.0 Å². The van der Waals surface area contributed by atoms with Gasteiger partial charge in [-0.3, -0.25) is 24.3 Å². The normalized spacial score (nSPS) is 10.9. The molecule has 0 fully saturated rings. The van der Waals surface area contributed by atoms with Crippen molar-refractivity contribution in [3.8, 4) is 5.69 Å². The highest BCUT2D eigenvalue weighted by Gasteiger charge is 2.19. The van der Waals surface area contributed by atoms with Gasteiger partial charge in [-0.1, -0.05) is 12.1 Å². The van der Waals surface area contributed by atoms with Crippen LogP contribution in [0.3, 0.4) is 0 Å². The minimum atomic E-state index is -0.538. The van der Waals surface area contributed by atoms with Gasteiger partial charge in [0.25, 0.3) is 11.2 Å². The summed E-state index contributed by atoms with van der Waals surface area (Å²) in [5.74, 6) is -0.764. The van der Waals surface area contributed by atoms with E-state index in [4.69, 9.17) is 0 Å². The quantitative estimate of drug-likeness (QED) is 0.376. The summed E-state index contributed by atoms with van der Waals surface area (Å²) in [6.07, 6.45) is 2.54. The molecule has 1 N–H and O–H groups in total. The Balaban J connectivity index is 1.56. The van der Waals surface area contributed by atoms with Crippen LogP contribution in [0.15, 0.2) is 65.8 Å². The fourth-order valence-corrected chi connectivity index (χ4v) is 3.06. The number of nitro benzene ring substituents is 1. The first-order valence-corrected chi connectivity index (χ1v) is 9.16. The molecular weight excluding hydrogens is 407 g/mol. The van der Waals surface area contributed by atoms with Crippen LogP contribution in [0.5, 0.6) is 0 Å². The fourth-order valence-electron chi connectivity index (χ4n) is 3.06. The topological polar surface area (TPSA) is 125 Å². The zero-order valence-electron chi connectivity index (χ0n) is 15.9. The second kappa shape index (κ2) is 8.14. The van der Waals surface area contributed by atoms with E-state index in [1.807, 2.05) is 0 Å². The van der Waals surface area contributed by atoms with Crippen LogP contribution in [-0.4, -0.2) is 30.2 Å². The molecule has 0 bridgehead atoms. The molecule has 0 atom stereocenters. The Labute approximate surface area is 173 Å². The molecule has 0 spiro atoms. The molecule has 0 saturated heterocycles. The number of benzene rings is 2. The number of anilines is 1. The number of carbonyl (C=O) groups excluding carboxylic acids is 1. The molecular formula is C20H15FN6O4. The van der Waals surface area contributed by atoms with E-state index < -0.39 is 16.3 Å². The lowest BCUT2D eigenvalue weighted by molar-refractivity contribution is -0.384. The van der Waals surface area contributed by atoms with Crippen molar-refractivity contribution in [3.05, 3.63) is 87.3 Å². The van der Waals surface area contributed by atoms with Gasteiger partial charge in [-0.15, -0.1) is 0 Å². The van der Waals surface area contributed by atoms with Gasteiger partial charge >= 0.3 is 0 Å². The molecule has 0 saturated carbocycles. The maximum atomic E-state index is 12.9. The number of hydrogen-bond acceptors (Lipinski definition) is 6. The third-order valence-corrected chi connectivity index (χ3v) is 4.57. The van der Waals surface area contributed by atoms with Gasteiger partial charge in [0.1, 0.15) is 16.9 Å². The van der Waals surface area contributed by atoms with Crippen molar-refractivity contribution in [2.75, 3.05) is 5.32 Å². The molecule has 1 amide bonds. The second-order valence-corrected chi connectivity index (χ2v) is 6.59. The number of carbonyl (C=O) groups is 1. The van der Waals surface area contributed by atoms with E-state index in [0.717, 1.165) is 0 Å². The summed E-state index contributed by atoms with van der Waals surface area (Å²) in [5.41, 5.74) is 0.204. The summed E-state index contributed by atoms with van der Waals surface area (Å²) in [4.78, 5) is 39.9. The molecule has 2 heterocycles. The molecule has 0 aliphatic heterocycles. The average Bonchev–Trinajstić information content (AvgIpc) is 3.19. The SMILES string of the molecule is O=C(CCn1cnc2c(cnn2-c2ccccc2[N+](=O)[O-])c1=O)Nc1ccc(F)cc1. The first-order valence-electron chi connectivity index (χ1n) is 9.16. The Morgan fingerprint density at radius 2 is 1.90 bits per heavy atom. The summed E-state index contributed by atoms with van der Waals surface area (Å²) in [7, 11) is 0. The van der Waals surface area contributed by atoms with Gasteiger partial charge in [-0.05, 0) is 30.3 Å². The number of nitrogens with one attached hydrogen (secondary N) is 1. The molecule has 11 heteroatoms. The van der Waals surface area contributed by atoms with Crippen molar-refractivity contribution >= 4 is 28.3 Å². The fraction of sp³-hybridized carbons (Fsp3) is 0.100. The summed E-state index contributed by atoms with van der Waals surface area (Å²) < 4.78 is 15.4. The lowest BCUT2D eigenvalue weighted by atomic mass is 10.2. The molecule has 0 aliphatic rings. The van der Waals surface area contributed by atoms with Crippen molar-refractivity contribution in [1.82, 2.24) is 19.3 Å². The van der Waals surface area contributed by atoms with Gasteiger partial charge in [-0.25, -0.2) is 14.1 Å². The number of nitro groups is 1. The van der Waals surface area contributed by atoms with Gasteiger partial charge in [0, 0.05) is 24.7 Å². The third kappa shape index (κ3) is 4.01. The molecule has 10 nitrogen and oxygen atoms in total. The third-order valence-electron chi connectivity index (χ3n) is 4.57. The van der Waals surface area contributed by atoms with Gasteiger partial charge in [0.05, 0.1) is 17.4 Å². The summed E-state index contributed by atoms with van der Waals surface area (Å²) >= 11 is 0. The number of nitrogens with zero attached hydrogens (tertiary/aromatic N) is 5. The van der Waals surface area contributed by atoms with Gasteiger partial charge in [0.2, 0.25) is 5.91 Å². The van der Waals surface area contributed by atoms with E-state index in [1.165, 1.54) is 64.2 Å². The van der Waals surface area contributed by atoms with Crippen LogP contribution in [-0.2, 0) is 11.3 Å². The molecule has 0 radical (unpaired) electrons. The van der Waals surface area contributed by atoms with Gasteiger partial charge in [-0.2, -0.15) is 5.10 Å². The second-order valence-electron chi connectivity index (χ2n) is 6.59. The van der Waals surface area contributed by atoms with E-state index in [-0.39, 0.29) is 41.3 Å². The monoisotopic (exact) mass is 422 g/mol. The number of halogens is 1. The number of para-hydroxylation sites is 2. The first-order chi connectivity index (χ1) is 14.9. The predicted molar refractivity (Wildman–Crippen MR) is 109 cm³/mol. The van der Waals surface area contributed by atoms with Crippen LogP contribution >= 0.6 is 0 Å². The van der Waals surface area contributed by atoms with E-state index in [9.17, 15) is 24.1 Å². The number of aromatic nitrogens is 4. The average molecular weight is 422 g/mol. The maximum absolute atomic E-state index is 12.9. The number of hydrogen-bond donors (Lipinski definition) is 1. The Morgan fingerprint density at radius 3 is 2.65 bits per heavy atom. The van der Waals surface area contributed by atoms with E-state index in [0.29, 0.717) is 5.69 Å². The molecule has 4 aromatic rings.